The van der Waals surface area contributed by atoms with E-state index in [0.29, 0.717) is 25.7 Å². The van der Waals surface area contributed by atoms with E-state index >= 15 is 0 Å². The molecule has 0 bridgehead atoms. The number of carboxylic acids is 3. The van der Waals surface area contributed by atoms with Crippen molar-refractivity contribution in [3.63, 3.8) is 0 Å². The Labute approximate surface area is 238 Å². The van der Waals surface area contributed by atoms with E-state index in [1.54, 1.807) is 0 Å². The van der Waals surface area contributed by atoms with Crippen molar-refractivity contribution < 1.29 is 45.0 Å². The van der Waals surface area contributed by atoms with Crippen LogP contribution in [0.5, 0.6) is 0 Å². The topological polar surface area (TPSA) is 173 Å². The Hall–Kier alpha value is -1.71. The molecule has 0 atom stereocenters. The Kier molecular flexibility index (Phi) is 41.2. The van der Waals surface area contributed by atoms with Crippen molar-refractivity contribution in [2.75, 3.05) is 19.8 Å². The molecular formula is C30H62O9. The molecule has 39 heavy (non-hydrogen) atoms. The molecule has 0 fully saturated rings. The summed E-state index contributed by atoms with van der Waals surface area (Å²) in [4.78, 5) is 29.3. The van der Waals surface area contributed by atoms with E-state index in [9.17, 15) is 29.7 Å². The molecule has 0 aromatic heterocycles. The molecule has 0 rings (SSSR count). The first-order valence-electron chi connectivity index (χ1n) is 15.0. The fraction of sp³-hybridized carbons (Fsp3) is 0.900. The van der Waals surface area contributed by atoms with Crippen molar-refractivity contribution in [3.8, 4) is 0 Å². The van der Waals surface area contributed by atoms with Crippen molar-refractivity contribution in [3.05, 3.63) is 0 Å². The van der Waals surface area contributed by atoms with Crippen LogP contribution in [0.4, 0.5) is 0 Å². The summed E-state index contributed by atoms with van der Waals surface area (Å²) in [5.41, 5.74) is -0.666. The Bertz CT molecular complexity index is 470. The van der Waals surface area contributed by atoms with Gasteiger partial charge in [0.1, 0.15) is 0 Å². The third-order valence-corrected chi connectivity index (χ3v) is 6.05. The molecule has 0 aliphatic carbocycles. The summed E-state index contributed by atoms with van der Waals surface area (Å²) >= 11 is 0. The summed E-state index contributed by atoms with van der Waals surface area (Å²) in [6, 6.07) is 0. The minimum Gasteiger partial charge on any atom is -0.481 e. The van der Waals surface area contributed by atoms with E-state index in [1.807, 2.05) is 20.8 Å². The van der Waals surface area contributed by atoms with Crippen LogP contribution in [-0.2, 0) is 14.4 Å². The molecule has 0 aliphatic rings. The van der Waals surface area contributed by atoms with Crippen molar-refractivity contribution in [2.24, 2.45) is 5.41 Å². The molecule has 9 nitrogen and oxygen atoms in total. The second-order valence-corrected chi connectivity index (χ2v) is 10.0. The average Bonchev–Trinajstić information content (AvgIpc) is 2.92. The molecule has 9 heteroatoms. The molecule has 0 aromatic rings. The van der Waals surface area contributed by atoms with Gasteiger partial charge in [-0.2, -0.15) is 0 Å². The van der Waals surface area contributed by atoms with Gasteiger partial charge in [-0.3, -0.25) is 14.4 Å². The molecule has 0 saturated carbocycles. The highest BCUT2D eigenvalue weighted by molar-refractivity contribution is 5.67. The summed E-state index contributed by atoms with van der Waals surface area (Å²) < 4.78 is 0. The highest BCUT2D eigenvalue weighted by atomic mass is 16.4. The molecule has 0 aromatic carbocycles. The summed E-state index contributed by atoms with van der Waals surface area (Å²) in [5, 5.41) is 51.7. The van der Waals surface area contributed by atoms with E-state index in [-0.39, 0.29) is 19.8 Å². The van der Waals surface area contributed by atoms with Crippen LogP contribution in [0.25, 0.3) is 0 Å². The zero-order valence-corrected chi connectivity index (χ0v) is 25.5. The first-order chi connectivity index (χ1) is 18.6. The van der Waals surface area contributed by atoms with Crippen molar-refractivity contribution in [1.29, 1.82) is 0 Å². The van der Waals surface area contributed by atoms with Crippen LogP contribution in [0.2, 0.25) is 0 Å². The monoisotopic (exact) mass is 566 g/mol. The van der Waals surface area contributed by atoms with Crippen LogP contribution in [0.3, 0.4) is 0 Å². The largest absolute Gasteiger partial charge is 0.481 e. The molecule has 0 aliphatic heterocycles. The second-order valence-electron chi connectivity index (χ2n) is 10.0. The maximum atomic E-state index is 9.76. The number of aliphatic hydroxyl groups is 3. The fourth-order valence-corrected chi connectivity index (χ4v) is 3.18. The van der Waals surface area contributed by atoms with Crippen LogP contribution in [0.1, 0.15) is 150 Å². The van der Waals surface area contributed by atoms with Crippen molar-refractivity contribution in [2.45, 2.75) is 150 Å². The second kappa shape index (κ2) is 36.3. The van der Waals surface area contributed by atoms with E-state index in [0.717, 1.165) is 51.4 Å². The molecule has 0 saturated heterocycles. The first kappa shape index (κ1) is 44.3. The number of unbranched alkanes of at least 4 members (excludes halogenated alkanes) is 11. The van der Waals surface area contributed by atoms with Gasteiger partial charge in [-0.05, 0) is 25.7 Å². The average molecular weight is 567 g/mol. The molecule has 0 unspecified atom stereocenters. The van der Waals surface area contributed by atoms with Crippen LogP contribution in [-0.4, -0.2) is 68.4 Å². The van der Waals surface area contributed by atoms with E-state index in [1.165, 1.54) is 44.9 Å². The van der Waals surface area contributed by atoms with Gasteiger partial charge in [-0.25, -0.2) is 0 Å². The van der Waals surface area contributed by atoms with Gasteiger partial charge in [-0.15, -0.1) is 0 Å². The van der Waals surface area contributed by atoms with Crippen LogP contribution < -0.4 is 0 Å². The van der Waals surface area contributed by atoms with Crippen LogP contribution in [0.15, 0.2) is 0 Å². The van der Waals surface area contributed by atoms with Gasteiger partial charge in [0.2, 0.25) is 0 Å². The van der Waals surface area contributed by atoms with Gasteiger partial charge in [0.15, 0.2) is 0 Å². The lowest BCUT2D eigenvalue weighted by atomic mass is 9.85. The Morgan fingerprint density at radius 2 is 0.692 bits per heavy atom. The number of hydrogen-bond acceptors (Lipinski definition) is 6. The predicted molar refractivity (Wildman–Crippen MR) is 157 cm³/mol. The molecular weight excluding hydrogens is 504 g/mol. The highest BCUT2D eigenvalue weighted by Gasteiger charge is 2.27. The van der Waals surface area contributed by atoms with Gasteiger partial charge in [0, 0.05) is 24.7 Å². The zero-order chi connectivity index (χ0) is 30.8. The molecule has 0 radical (unpaired) electrons. The molecule has 236 valence electrons. The lowest BCUT2D eigenvalue weighted by molar-refractivity contribution is -0.138. The first-order valence-corrected chi connectivity index (χ1v) is 15.0. The summed E-state index contributed by atoms with van der Waals surface area (Å²) in [7, 11) is 0. The van der Waals surface area contributed by atoms with E-state index in [2.05, 4.69) is 6.92 Å². The van der Waals surface area contributed by atoms with Crippen molar-refractivity contribution >= 4 is 17.9 Å². The number of hydrogen-bond donors (Lipinski definition) is 6. The van der Waals surface area contributed by atoms with Gasteiger partial charge < -0.3 is 30.6 Å². The summed E-state index contributed by atoms with van der Waals surface area (Å²) in [6.07, 6.45) is 18.3. The molecule has 0 amide bonds. The van der Waals surface area contributed by atoms with Gasteiger partial charge in [0.25, 0.3) is 0 Å². The zero-order valence-electron chi connectivity index (χ0n) is 25.5. The highest BCUT2D eigenvalue weighted by Crippen LogP contribution is 2.24. The predicted octanol–water partition coefficient (Wildman–Crippen LogP) is 6.65. The summed E-state index contributed by atoms with van der Waals surface area (Å²) in [5.74, 6) is -2.08. The third-order valence-electron chi connectivity index (χ3n) is 6.05. The van der Waals surface area contributed by atoms with E-state index < -0.39 is 23.3 Å². The lowest BCUT2D eigenvalue weighted by Crippen LogP contribution is -2.33. The van der Waals surface area contributed by atoms with Crippen LogP contribution in [0, 0.1) is 5.41 Å². The summed E-state index contributed by atoms with van der Waals surface area (Å²) in [6.45, 7) is 7.77. The number of aliphatic hydroxyl groups excluding tert-OH is 3. The van der Waals surface area contributed by atoms with Crippen molar-refractivity contribution in [1.82, 2.24) is 0 Å². The Morgan fingerprint density at radius 1 is 0.436 bits per heavy atom. The maximum absolute atomic E-state index is 9.76. The van der Waals surface area contributed by atoms with Crippen LogP contribution >= 0.6 is 0 Å². The number of aliphatic carboxylic acids is 3. The fourth-order valence-electron chi connectivity index (χ4n) is 3.18. The number of rotatable bonds is 22. The van der Waals surface area contributed by atoms with Gasteiger partial charge in [-0.1, -0.05) is 105 Å². The normalized spacial score (nSPS) is 10.2. The third kappa shape index (κ3) is 43.6. The van der Waals surface area contributed by atoms with Gasteiger partial charge >= 0.3 is 17.9 Å². The smallest absolute Gasteiger partial charge is 0.303 e. The van der Waals surface area contributed by atoms with Gasteiger partial charge in [0.05, 0.1) is 19.8 Å². The molecule has 0 spiro atoms. The Balaban J connectivity index is -0.000000240. The minimum atomic E-state index is -0.693. The number of carbonyl (C=O) groups is 3. The molecule has 0 heterocycles. The standard InChI is InChI=1S/C15H32O3.3C5H10O2/c1-2-3-4-5-6-7-8-9-10-11-15(12-16,13-17)14-18;3*1-2-3-4-5(6)7/h16-18H,2-14H2,1H3;3*2-4H2,1H3,(H,6,7). The lowest BCUT2D eigenvalue weighted by Gasteiger charge is -2.27. The minimum absolute atomic E-state index is 0.128. The SMILES string of the molecule is CCCCC(=O)O.CCCCC(=O)O.CCCCC(=O)O.CCCCCCCCCCCC(CO)(CO)CO. The van der Waals surface area contributed by atoms with E-state index in [4.69, 9.17) is 15.3 Å². The molecule has 6 N–H and O–H groups in total. The maximum Gasteiger partial charge on any atom is 0.303 e. The Morgan fingerprint density at radius 3 is 0.897 bits per heavy atom. The quantitative estimate of drug-likeness (QED) is 0.0784. The number of carboxylic acid groups (broad SMARTS) is 3.